The summed E-state index contributed by atoms with van der Waals surface area (Å²) in [6, 6.07) is 9.63. The molecule has 1 saturated carbocycles. The van der Waals surface area contributed by atoms with Crippen LogP contribution in [-0.2, 0) is 0 Å². The van der Waals surface area contributed by atoms with Crippen molar-refractivity contribution in [2.24, 2.45) is 0 Å². The molecule has 0 atom stereocenters. The lowest BCUT2D eigenvalue weighted by molar-refractivity contribution is 1.39. The van der Waals surface area contributed by atoms with Gasteiger partial charge in [0.1, 0.15) is 0 Å². The van der Waals surface area contributed by atoms with Crippen molar-refractivity contribution in [3.63, 3.8) is 0 Å². The summed E-state index contributed by atoms with van der Waals surface area (Å²) in [6.07, 6.45) is 12.2. The number of nitriles is 1. The number of hydrogen-bond acceptors (Lipinski definition) is 1. The molecule has 0 amide bonds. The quantitative estimate of drug-likeness (QED) is 0.706. The summed E-state index contributed by atoms with van der Waals surface area (Å²) in [5, 5.41) is 8.64. The summed E-state index contributed by atoms with van der Waals surface area (Å²) in [7, 11) is 0. The maximum atomic E-state index is 8.64. The second-order valence-corrected chi connectivity index (χ2v) is 3.29. The lowest BCUT2D eigenvalue weighted by Crippen LogP contribution is -1.84. The van der Waals surface area contributed by atoms with Crippen molar-refractivity contribution in [3.8, 4) is 6.07 Å². The van der Waals surface area contributed by atoms with Gasteiger partial charge in [-0.2, -0.15) is 5.26 Å². The molecular formula is C14H10N. The van der Waals surface area contributed by atoms with Gasteiger partial charge in [0.05, 0.1) is 11.6 Å². The Labute approximate surface area is 91.0 Å². The number of allylic oxidation sites excluding steroid dienone is 1. The van der Waals surface area contributed by atoms with E-state index in [4.69, 9.17) is 5.26 Å². The van der Waals surface area contributed by atoms with Crippen LogP contribution in [0.25, 0.3) is 6.08 Å². The van der Waals surface area contributed by atoms with Gasteiger partial charge in [0.2, 0.25) is 0 Å². The molecule has 0 N–H and O–H groups in total. The van der Waals surface area contributed by atoms with E-state index >= 15 is 0 Å². The Morgan fingerprint density at radius 1 is 0.933 bits per heavy atom. The minimum absolute atomic E-state index is 0.695. The van der Waals surface area contributed by atoms with Gasteiger partial charge in [0.15, 0.2) is 0 Å². The van der Waals surface area contributed by atoms with Crippen LogP contribution in [0.15, 0.2) is 30.3 Å². The van der Waals surface area contributed by atoms with Gasteiger partial charge in [0.25, 0.3) is 0 Å². The molecule has 0 aromatic heterocycles. The predicted molar refractivity (Wildman–Crippen MR) is 60.6 cm³/mol. The molecule has 1 aliphatic rings. The van der Waals surface area contributed by atoms with Gasteiger partial charge >= 0.3 is 0 Å². The first-order chi connectivity index (χ1) is 7.38. The Morgan fingerprint density at radius 3 is 2.20 bits per heavy atom. The van der Waals surface area contributed by atoms with Crippen LogP contribution >= 0.6 is 0 Å². The Bertz CT molecular complexity index is 375. The zero-order valence-electron chi connectivity index (χ0n) is 8.22. The second-order valence-electron chi connectivity index (χ2n) is 3.29. The third-order valence-electron chi connectivity index (χ3n) is 2.20. The summed E-state index contributed by atoms with van der Waals surface area (Å²) in [4.78, 5) is 0. The van der Waals surface area contributed by atoms with E-state index in [0.717, 1.165) is 5.56 Å². The standard InChI is InChI=1S/C14H10N/c15-11-14-9-7-13(8-10-14)6-5-12-3-1-2-4-12/h1-10H/b6-5-. The highest BCUT2D eigenvalue weighted by molar-refractivity contribution is 5.57. The number of rotatable bonds is 2. The lowest BCUT2D eigenvalue weighted by Gasteiger charge is -1.98. The van der Waals surface area contributed by atoms with Crippen LogP contribution in [0.3, 0.4) is 0 Å². The van der Waals surface area contributed by atoms with Crippen molar-refractivity contribution in [3.05, 3.63) is 73.1 Å². The maximum absolute atomic E-state index is 8.64. The van der Waals surface area contributed by atoms with Gasteiger partial charge in [-0.3, -0.25) is 0 Å². The van der Waals surface area contributed by atoms with Crippen molar-refractivity contribution < 1.29 is 0 Å². The molecule has 0 heterocycles. The van der Waals surface area contributed by atoms with E-state index in [-0.39, 0.29) is 0 Å². The molecule has 1 aromatic carbocycles. The van der Waals surface area contributed by atoms with Crippen molar-refractivity contribution in [2.45, 2.75) is 0 Å². The van der Waals surface area contributed by atoms with Crippen LogP contribution in [0.5, 0.6) is 0 Å². The smallest absolute Gasteiger partial charge is 0.0991 e. The van der Waals surface area contributed by atoms with Crippen LogP contribution in [-0.4, -0.2) is 0 Å². The van der Waals surface area contributed by atoms with Crippen LogP contribution < -0.4 is 0 Å². The fraction of sp³-hybridized carbons (Fsp3) is 0. The molecule has 1 fully saturated rings. The minimum atomic E-state index is 0.695. The third-order valence-corrected chi connectivity index (χ3v) is 2.20. The fourth-order valence-corrected chi connectivity index (χ4v) is 1.36. The van der Waals surface area contributed by atoms with Crippen molar-refractivity contribution in [1.29, 1.82) is 5.26 Å². The van der Waals surface area contributed by atoms with E-state index in [1.807, 2.05) is 43.2 Å². The number of benzene rings is 1. The van der Waals surface area contributed by atoms with Crippen LogP contribution in [0.4, 0.5) is 0 Å². The zero-order chi connectivity index (χ0) is 10.5. The lowest BCUT2D eigenvalue weighted by atomic mass is 10.1. The fourth-order valence-electron chi connectivity index (χ4n) is 1.36. The van der Waals surface area contributed by atoms with Gasteiger partial charge in [-0.15, -0.1) is 0 Å². The van der Waals surface area contributed by atoms with Gasteiger partial charge in [-0.1, -0.05) is 24.3 Å². The first-order valence-corrected chi connectivity index (χ1v) is 4.78. The van der Waals surface area contributed by atoms with E-state index in [0.29, 0.717) is 5.56 Å². The largest absolute Gasteiger partial charge is 0.192 e. The first-order valence-electron chi connectivity index (χ1n) is 4.78. The predicted octanol–water partition coefficient (Wildman–Crippen LogP) is 2.98. The average Bonchev–Trinajstić information content (AvgIpc) is 2.80. The Kier molecular flexibility index (Phi) is 3.19. The molecular weight excluding hydrogens is 182 g/mol. The summed E-state index contributed by atoms with van der Waals surface area (Å²) >= 11 is 0. The molecule has 1 aliphatic carbocycles. The highest BCUT2D eigenvalue weighted by Gasteiger charge is 2.12. The molecule has 1 nitrogen and oxygen atoms in total. The van der Waals surface area contributed by atoms with Crippen LogP contribution in [0.1, 0.15) is 11.1 Å². The second kappa shape index (κ2) is 4.79. The van der Waals surface area contributed by atoms with Gasteiger partial charge in [0, 0.05) is 5.92 Å². The summed E-state index contributed by atoms with van der Waals surface area (Å²) < 4.78 is 0. The number of nitrogens with zero attached hydrogens (tertiary/aromatic N) is 1. The number of hydrogen-bond donors (Lipinski definition) is 0. The highest BCUT2D eigenvalue weighted by atomic mass is 14.2. The summed E-state index contributed by atoms with van der Waals surface area (Å²) in [5.74, 6) is 1.19. The Balaban J connectivity index is 2.01. The van der Waals surface area contributed by atoms with Crippen molar-refractivity contribution in [2.75, 3.05) is 0 Å². The maximum Gasteiger partial charge on any atom is 0.0991 e. The molecule has 15 heavy (non-hydrogen) atoms. The van der Waals surface area contributed by atoms with Gasteiger partial charge in [-0.05, 0) is 43.4 Å². The van der Waals surface area contributed by atoms with E-state index < -0.39 is 0 Å². The monoisotopic (exact) mass is 192 g/mol. The van der Waals surface area contributed by atoms with E-state index in [1.54, 1.807) is 0 Å². The summed E-state index contributed by atoms with van der Waals surface area (Å²) in [5.41, 5.74) is 1.80. The molecule has 0 spiro atoms. The first kappa shape index (κ1) is 9.98. The molecule has 0 aliphatic heterocycles. The highest BCUT2D eigenvalue weighted by Crippen LogP contribution is 2.24. The molecule has 1 aromatic rings. The zero-order valence-corrected chi connectivity index (χ0v) is 8.22. The van der Waals surface area contributed by atoms with E-state index in [1.165, 1.54) is 5.92 Å². The average molecular weight is 192 g/mol. The molecule has 0 bridgehead atoms. The SMILES string of the molecule is N#Cc1ccc(/C=C\[C]2[CH][CH][CH][CH]2)cc1. The topological polar surface area (TPSA) is 23.8 Å². The van der Waals surface area contributed by atoms with Gasteiger partial charge in [-0.25, -0.2) is 0 Å². The molecule has 2 rings (SSSR count). The van der Waals surface area contributed by atoms with E-state index in [2.05, 4.69) is 25.0 Å². The normalized spacial score (nSPS) is 17.0. The molecule has 71 valence electrons. The van der Waals surface area contributed by atoms with E-state index in [9.17, 15) is 0 Å². The molecule has 1 heteroatoms. The van der Waals surface area contributed by atoms with Crippen LogP contribution in [0, 0.1) is 42.9 Å². The van der Waals surface area contributed by atoms with Crippen molar-refractivity contribution in [1.82, 2.24) is 0 Å². The summed E-state index contributed by atoms with van der Waals surface area (Å²) in [6.45, 7) is 0. The minimum Gasteiger partial charge on any atom is -0.192 e. The third kappa shape index (κ3) is 2.70. The van der Waals surface area contributed by atoms with Crippen LogP contribution in [0.2, 0.25) is 0 Å². The van der Waals surface area contributed by atoms with Gasteiger partial charge < -0.3 is 0 Å². The molecule has 5 radical (unpaired) electrons. The molecule has 0 unspecified atom stereocenters. The Hall–Kier alpha value is -1.55. The molecule has 0 saturated heterocycles. The Morgan fingerprint density at radius 2 is 1.60 bits per heavy atom. The van der Waals surface area contributed by atoms with Crippen molar-refractivity contribution >= 4 is 6.08 Å².